The van der Waals surface area contributed by atoms with Gasteiger partial charge in [0.1, 0.15) is 0 Å². The highest BCUT2D eigenvalue weighted by Gasteiger charge is 2.14. The van der Waals surface area contributed by atoms with Gasteiger partial charge in [-0.2, -0.15) is 0 Å². The number of aliphatic carboxylic acids is 1. The van der Waals surface area contributed by atoms with E-state index in [-0.39, 0.29) is 0 Å². The maximum absolute atomic E-state index is 10.7. The van der Waals surface area contributed by atoms with Gasteiger partial charge in [-0.3, -0.25) is 0 Å². The van der Waals surface area contributed by atoms with E-state index in [9.17, 15) is 4.79 Å². The molecule has 0 radical (unpaired) electrons. The van der Waals surface area contributed by atoms with Gasteiger partial charge in [-0.05, 0) is 35.6 Å². The molecule has 116 valence electrons. The zero-order valence-electron chi connectivity index (χ0n) is 13.1. The van der Waals surface area contributed by atoms with Crippen LogP contribution in [-0.2, 0) is 4.79 Å². The molecule has 0 atom stereocenters. The molecule has 0 bridgehead atoms. The lowest BCUT2D eigenvalue weighted by Crippen LogP contribution is -2.31. The van der Waals surface area contributed by atoms with Gasteiger partial charge in [-0.25, -0.2) is 4.79 Å². The minimum absolute atomic E-state index is 0.513. The maximum Gasteiger partial charge on any atom is 0.328 e. The van der Waals surface area contributed by atoms with Gasteiger partial charge in [-0.1, -0.05) is 45.4 Å². The number of carboxylic acids is 1. The molecule has 0 amide bonds. The van der Waals surface area contributed by atoms with Crippen molar-refractivity contribution in [2.45, 2.75) is 27.7 Å². The number of benzene rings is 1. The number of carboxylic acid groups (broad SMARTS) is 1. The van der Waals surface area contributed by atoms with Crippen molar-refractivity contribution in [3.05, 3.63) is 34.9 Å². The summed E-state index contributed by atoms with van der Waals surface area (Å²) in [4.78, 5) is 13.0. The molecule has 0 heterocycles. The van der Waals surface area contributed by atoms with E-state index in [4.69, 9.17) is 16.7 Å². The van der Waals surface area contributed by atoms with Crippen LogP contribution in [0, 0.1) is 11.8 Å². The van der Waals surface area contributed by atoms with Crippen LogP contribution in [0.3, 0.4) is 0 Å². The molecular formula is C17H24ClNO2. The smallest absolute Gasteiger partial charge is 0.328 e. The van der Waals surface area contributed by atoms with Crippen molar-refractivity contribution in [3.8, 4) is 0 Å². The van der Waals surface area contributed by atoms with E-state index in [1.165, 1.54) is 0 Å². The van der Waals surface area contributed by atoms with Crippen molar-refractivity contribution in [1.29, 1.82) is 0 Å². The third-order valence-corrected chi connectivity index (χ3v) is 3.14. The van der Waals surface area contributed by atoms with Gasteiger partial charge in [0.2, 0.25) is 0 Å². The molecule has 1 N–H and O–H groups in total. The average molecular weight is 310 g/mol. The van der Waals surface area contributed by atoms with Crippen LogP contribution < -0.4 is 4.90 Å². The number of anilines is 1. The minimum Gasteiger partial charge on any atom is -0.478 e. The third kappa shape index (κ3) is 6.21. The van der Waals surface area contributed by atoms with E-state index in [2.05, 4.69) is 32.6 Å². The molecule has 21 heavy (non-hydrogen) atoms. The molecule has 0 aromatic heterocycles. The van der Waals surface area contributed by atoms with Crippen LogP contribution in [-0.4, -0.2) is 24.2 Å². The molecule has 0 spiro atoms. The van der Waals surface area contributed by atoms with Crippen LogP contribution in [0.25, 0.3) is 6.08 Å². The normalized spacial score (nSPS) is 11.6. The maximum atomic E-state index is 10.7. The van der Waals surface area contributed by atoms with Crippen molar-refractivity contribution < 1.29 is 9.90 Å². The van der Waals surface area contributed by atoms with Gasteiger partial charge >= 0.3 is 5.97 Å². The predicted molar refractivity (Wildman–Crippen MR) is 90.0 cm³/mol. The van der Waals surface area contributed by atoms with E-state index < -0.39 is 5.97 Å². The molecule has 3 nitrogen and oxygen atoms in total. The van der Waals surface area contributed by atoms with E-state index >= 15 is 0 Å². The van der Waals surface area contributed by atoms with Crippen molar-refractivity contribution >= 4 is 29.3 Å². The highest BCUT2D eigenvalue weighted by atomic mass is 35.5. The van der Waals surface area contributed by atoms with Gasteiger partial charge in [0, 0.05) is 29.9 Å². The standard InChI is InChI=1S/C17H24ClNO2/c1-12(2)10-19(11-13(3)4)16-9-15(18)7-5-14(16)6-8-17(20)21/h5-9,12-13H,10-11H2,1-4H3,(H,20,21)/b8-6+. The number of carbonyl (C=O) groups is 1. The first-order valence-electron chi connectivity index (χ1n) is 7.25. The highest BCUT2D eigenvalue weighted by Crippen LogP contribution is 2.27. The first-order valence-corrected chi connectivity index (χ1v) is 7.63. The molecule has 0 saturated carbocycles. The molecule has 0 saturated heterocycles. The van der Waals surface area contributed by atoms with Crippen LogP contribution in [0.2, 0.25) is 5.02 Å². The fourth-order valence-electron chi connectivity index (χ4n) is 2.25. The van der Waals surface area contributed by atoms with Crippen LogP contribution in [0.5, 0.6) is 0 Å². The molecule has 0 aliphatic rings. The van der Waals surface area contributed by atoms with Gasteiger partial charge in [0.25, 0.3) is 0 Å². The molecule has 0 aliphatic carbocycles. The Labute approximate surface area is 132 Å². The summed E-state index contributed by atoms with van der Waals surface area (Å²) in [6.45, 7) is 10.5. The largest absolute Gasteiger partial charge is 0.478 e. The summed E-state index contributed by atoms with van der Waals surface area (Å²) in [5.74, 6) is 0.0771. The van der Waals surface area contributed by atoms with Crippen LogP contribution in [0.15, 0.2) is 24.3 Å². The molecular weight excluding hydrogens is 286 g/mol. The fraction of sp³-hybridized carbons (Fsp3) is 0.471. The SMILES string of the molecule is CC(C)CN(CC(C)C)c1cc(Cl)ccc1/C=C/C(=O)O. The first kappa shape index (κ1) is 17.6. The van der Waals surface area contributed by atoms with Crippen molar-refractivity contribution in [2.24, 2.45) is 11.8 Å². The number of hydrogen-bond donors (Lipinski definition) is 1. The number of nitrogens with zero attached hydrogens (tertiary/aromatic N) is 1. The lowest BCUT2D eigenvalue weighted by atomic mass is 10.1. The summed E-state index contributed by atoms with van der Waals surface area (Å²) >= 11 is 6.13. The zero-order valence-corrected chi connectivity index (χ0v) is 13.9. The zero-order chi connectivity index (χ0) is 16.0. The van der Waals surface area contributed by atoms with E-state index in [1.807, 2.05) is 12.1 Å². The summed E-state index contributed by atoms with van der Waals surface area (Å²) in [7, 11) is 0. The van der Waals surface area contributed by atoms with Gasteiger partial charge < -0.3 is 10.0 Å². The lowest BCUT2D eigenvalue weighted by molar-refractivity contribution is -0.131. The summed E-state index contributed by atoms with van der Waals surface area (Å²) in [6.07, 6.45) is 2.79. The van der Waals surface area contributed by atoms with Crippen LogP contribution >= 0.6 is 11.6 Å². The Balaban J connectivity index is 3.20. The molecule has 0 unspecified atom stereocenters. The second-order valence-corrected chi connectivity index (χ2v) is 6.50. The molecule has 1 aromatic rings. The van der Waals surface area contributed by atoms with Gasteiger partial charge in [0.05, 0.1) is 0 Å². The quantitative estimate of drug-likeness (QED) is 0.751. The molecule has 0 aliphatic heterocycles. The molecule has 1 aromatic carbocycles. The van der Waals surface area contributed by atoms with Crippen molar-refractivity contribution in [3.63, 3.8) is 0 Å². The third-order valence-electron chi connectivity index (χ3n) is 2.91. The second kappa shape index (κ2) is 8.08. The predicted octanol–water partition coefficient (Wildman–Crippen LogP) is 4.56. The van der Waals surface area contributed by atoms with Crippen LogP contribution in [0.4, 0.5) is 5.69 Å². The Kier molecular flexibility index (Phi) is 6.76. The molecule has 4 heteroatoms. The fourth-order valence-corrected chi connectivity index (χ4v) is 2.41. The highest BCUT2D eigenvalue weighted by molar-refractivity contribution is 6.31. The Morgan fingerprint density at radius 1 is 1.24 bits per heavy atom. The lowest BCUT2D eigenvalue weighted by Gasteiger charge is -2.30. The topological polar surface area (TPSA) is 40.5 Å². The summed E-state index contributed by atoms with van der Waals surface area (Å²) in [6, 6.07) is 5.56. The monoisotopic (exact) mass is 309 g/mol. The number of rotatable bonds is 7. The second-order valence-electron chi connectivity index (χ2n) is 6.07. The van der Waals surface area contributed by atoms with Crippen molar-refractivity contribution in [1.82, 2.24) is 0 Å². The Bertz CT molecular complexity index is 500. The summed E-state index contributed by atoms with van der Waals surface area (Å²) in [5, 5.41) is 9.49. The van der Waals surface area contributed by atoms with Gasteiger partial charge in [-0.15, -0.1) is 0 Å². The van der Waals surface area contributed by atoms with Gasteiger partial charge in [0.15, 0.2) is 0 Å². The summed E-state index contributed by atoms with van der Waals surface area (Å²) in [5.41, 5.74) is 1.87. The number of hydrogen-bond acceptors (Lipinski definition) is 2. The summed E-state index contributed by atoms with van der Waals surface area (Å²) < 4.78 is 0. The van der Waals surface area contributed by atoms with Crippen molar-refractivity contribution in [2.75, 3.05) is 18.0 Å². The van der Waals surface area contributed by atoms with E-state index in [0.29, 0.717) is 16.9 Å². The van der Waals surface area contributed by atoms with E-state index in [0.717, 1.165) is 30.4 Å². The average Bonchev–Trinajstić information content (AvgIpc) is 2.35. The Morgan fingerprint density at radius 3 is 2.29 bits per heavy atom. The first-order chi connectivity index (χ1) is 9.79. The number of halogens is 1. The molecule has 1 rings (SSSR count). The minimum atomic E-state index is -0.949. The molecule has 0 fully saturated rings. The van der Waals surface area contributed by atoms with Crippen LogP contribution in [0.1, 0.15) is 33.3 Å². The van der Waals surface area contributed by atoms with E-state index in [1.54, 1.807) is 12.1 Å². The Hall–Kier alpha value is -1.48. The Morgan fingerprint density at radius 2 is 1.81 bits per heavy atom.